The molecule has 0 bridgehead atoms. The molecule has 5 aromatic rings. The number of rotatable bonds is 10. The fraction of sp³-hybridized carbons (Fsp3) is 0.281. The number of carbonyl (C=O) groups is 1. The fourth-order valence-electron chi connectivity index (χ4n) is 5.07. The summed E-state index contributed by atoms with van der Waals surface area (Å²) in [5, 5.41) is 25.5. The van der Waals surface area contributed by atoms with Crippen LogP contribution in [0.1, 0.15) is 44.9 Å². The summed E-state index contributed by atoms with van der Waals surface area (Å²) in [6.45, 7) is 3.52. The molecule has 13 heteroatoms. The van der Waals surface area contributed by atoms with Gasteiger partial charge in [-0.05, 0) is 68.9 Å². The summed E-state index contributed by atoms with van der Waals surface area (Å²) < 4.78 is 21.3. The van der Waals surface area contributed by atoms with Gasteiger partial charge in [-0.25, -0.2) is 19.2 Å². The molecule has 4 heterocycles. The minimum atomic E-state index is -1.09. The van der Waals surface area contributed by atoms with Crippen molar-refractivity contribution in [1.82, 2.24) is 20.2 Å². The number of anilines is 4. The molecule has 10 nitrogen and oxygen atoms in total. The predicted octanol–water partition coefficient (Wildman–Crippen LogP) is 5.07. The third-order valence-corrected chi connectivity index (χ3v) is 9.39. The smallest absolute Gasteiger partial charge is 0.355 e. The molecule has 4 N–H and O–H groups in total. The Bertz CT molecular complexity index is 1900. The Morgan fingerprint density at radius 2 is 2.07 bits per heavy atom. The van der Waals surface area contributed by atoms with E-state index in [2.05, 4.69) is 37.3 Å². The van der Waals surface area contributed by atoms with Crippen molar-refractivity contribution in [1.29, 1.82) is 0 Å². The van der Waals surface area contributed by atoms with Gasteiger partial charge in [0.1, 0.15) is 6.54 Å². The van der Waals surface area contributed by atoms with Crippen molar-refractivity contribution in [2.75, 3.05) is 37.0 Å². The topological polar surface area (TPSA) is 130 Å². The molecule has 2 aromatic carbocycles. The molecule has 0 radical (unpaired) electrons. The van der Waals surface area contributed by atoms with Crippen LogP contribution in [0.25, 0.3) is 10.2 Å². The number of fused-ring (bicyclic) bond motifs is 2. The van der Waals surface area contributed by atoms with Crippen LogP contribution >= 0.6 is 22.7 Å². The second-order valence-corrected chi connectivity index (χ2v) is 12.5. The van der Waals surface area contributed by atoms with Crippen molar-refractivity contribution in [2.24, 2.45) is 0 Å². The summed E-state index contributed by atoms with van der Waals surface area (Å²) in [4.78, 5) is 23.9. The molecule has 0 unspecified atom stereocenters. The number of hydrogen-bond donors (Lipinski definition) is 3. The van der Waals surface area contributed by atoms with E-state index < -0.39 is 11.8 Å². The van der Waals surface area contributed by atoms with Gasteiger partial charge in [0.2, 0.25) is 0 Å². The number of ether oxygens (including phenoxy) is 1. The summed E-state index contributed by atoms with van der Waals surface area (Å²) in [7, 11) is 1.92. The van der Waals surface area contributed by atoms with E-state index in [1.54, 1.807) is 23.5 Å². The lowest BCUT2D eigenvalue weighted by Gasteiger charge is -2.28. The minimum absolute atomic E-state index is 0.0133. The van der Waals surface area contributed by atoms with Gasteiger partial charge in [0, 0.05) is 28.1 Å². The summed E-state index contributed by atoms with van der Waals surface area (Å²) in [6.07, 6.45) is 2.60. The SMILES string of the molecule is C[NH2+]CC#Cc1ccc(OCCCc2sc(N3CCCc4c3nnc(Nc3nc5ccccc5s3)c4C)nc2C(=O)O)c(F)c1. The van der Waals surface area contributed by atoms with Crippen LogP contribution in [0.5, 0.6) is 5.75 Å². The highest BCUT2D eigenvalue weighted by Gasteiger charge is 2.28. The first-order valence-corrected chi connectivity index (χ1v) is 16.2. The summed E-state index contributed by atoms with van der Waals surface area (Å²) in [5.74, 6) is 5.77. The molecule has 0 fully saturated rings. The lowest BCUT2D eigenvalue weighted by atomic mass is 10.0. The largest absolute Gasteiger partial charge is 0.491 e. The summed E-state index contributed by atoms with van der Waals surface area (Å²) in [6, 6.07) is 12.6. The highest BCUT2D eigenvalue weighted by atomic mass is 32.1. The fourth-order valence-corrected chi connectivity index (χ4v) is 7.05. The third kappa shape index (κ3) is 6.73. The molecule has 1 aliphatic rings. The molecule has 45 heavy (non-hydrogen) atoms. The zero-order valence-corrected chi connectivity index (χ0v) is 26.4. The van der Waals surface area contributed by atoms with Crippen LogP contribution in [0.15, 0.2) is 42.5 Å². The minimum Gasteiger partial charge on any atom is -0.491 e. The number of para-hydroxylation sites is 1. The molecule has 1 aliphatic heterocycles. The Morgan fingerprint density at radius 1 is 1.20 bits per heavy atom. The van der Waals surface area contributed by atoms with Crippen LogP contribution < -0.4 is 20.3 Å². The van der Waals surface area contributed by atoms with Crippen molar-refractivity contribution >= 4 is 60.8 Å². The van der Waals surface area contributed by atoms with Crippen molar-refractivity contribution in [2.45, 2.75) is 32.6 Å². The van der Waals surface area contributed by atoms with E-state index in [4.69, 9.17) is 4.74 Å². The summed E-state index contributed by atoms with van der Waals surface area (Å²) >= 11 is 2.88. The number of nitrogens with one attached hydrogen (secondary N) is 1. The maximum atomic E-state index is 14.5. The number of halogens is 1. The highest BCUT2D eigenvalue weighted by molar-refractivity contribution is 7.22. The number of nitrogens with two attached hydrogens (primary N) is 1. The number of thiazole rings is 2. The maximum Gasteiger partial charge on any atom is 0.355 e. The van der Waals surface area contributed by atoms with Gasteiger partial charge in [0.15, 0.2) is 39.2 Å². The number of aryl methyl sites for hydroxylation is 1. The second kappa shape index (κ2) is 13.6. The molecule has 3 aromatic heterocycles. The predicted molar refractivity (Wildman–Crippen MR) is 174 cm³/mol. The first-order valence-electron chi connectivity index (χ1n) is 14.6. The molecule has 0 amide bonds. The normalized spacial score (nSPS) is 12.5. The lowest BCUT2D eigenvalue weighted by molar-refractivity contribution is -0.615. The number of hydrogen-bond acceptors (Lipinski definition) is 10. The molecular weight excluding hydrogens is 614 g/mol. The van der Waals surface area contributed by atoms with E-state index in [0.29, 0.717) is 53.1 Å². The zero-order valence-electron chi connectivity index (χ0n) is 24.8. The van der Waals surface area contributed by atoms with E-state index >= 15 is 0 Å². The second-order valence-electron chi connectivity index (χ2n) is 10.4. The van der Waals surface area contributed by atoms with Gasteiger partial charge >= 0.3 is 5.97 Å². The monoisotopic (exact) mass is 644 g/mol. The van der Waals surface area contributed by atoms with Gasteiger partial charge in [-0.2, -0.15) is 0 Å². The van der Waals surface area contributed by atoms with Gasteiger partial charge in [-0.1, -0.05) is 29.4 Å². The van der Waals surface area contributed by atoms with Crippen molar-refractivity contribution in [3.05, 3.63) is 75.5 Å². The van der Waals surface area contributed by atoms with Crippen LogP contribution in [-0.2, 0) is 12.8 Å². The molecule has 0 saturated carbocycles. The average Bonchev–Trinajstić information content (AvgIpc) is 3.65. The number of aromatic nitrogens is 4. The van der Waals surface area contributed by atoms with Gasteiger partial charge < -0.3 is 25.4 Å². The number of aromatic carboxylic acids is 1. The number of carboxylic acids is 1. The summed E-state index contributed by atoms with van der Waals surface area (Å²) in [5.41, 5.74) is 3.55. The van der Waals surface area contributed by atoms with Gasteiger partial charge in [-0.15, -0.1) is 21.5 Å². The molecule has 6 rings (SSSR count). The van der Waals surface area contributed by atoms with E-state index in [-0.39, 0.29) is 18.1 Å². The highest BCUT2D eigenvalue weighted by Crippen LogP contribution is 2.39. The molecule has 0 saturated heterocycles. The standard InChI is InChI=1S/C32H30FN7O3S2/c1-19-21-9-6-16-40(29(21)39-38-28(19)37-31-35-23-10-3-4-11-25(23)44-31)32-36-27(30(41)42)26(45-32)12-7-17-43-24-14-13-20(18-22(24)33)8-5-15-34-2/h3-4,10-11,13-14,18,34H,6-7,9,12,15-17H2,1-2H3,(H,41,42)(H,35,37,38)/p+1. The van der Waals surface area contributed by atoms with E-state index in [0.717, 1.165) is 39.3 Å². The van der Waals surface area contributed by atoms with Crippen molar-refractivity contribution in [3.63, 3.8) is 0 Å². The Morgan fingerprint density at radius 3 is 2.87 bits per heavy atom. The maximum absolute atomic E-state index is 14.5. The zero-order chi connectivity index (χ0) is 31.3. The molecule has 230 valence electrons. The first-order chi connectivity index (χ1) is 21.9. The lowest BCUT2D eigenvalue weighted by Crippen LogP contribution is -2.79. The van der Waals surface area contributed by atoms with E-state index in [1.807, 2.05) is 48.5 Å². The quantitative estimate of drug-likeness (QED) is 0.141. The third-order valence-electron chi connectivity index (χ3n) is 7.30. The van der Waals surface area contributed by atoms with E-state index in [9.17, 15) is 14.3 Å². The van der Waals surface area contributed by atoms with Gasteiger partial charge in [0.05, 0.1) is 23.9 Å². The Balaban J connectivity index is 1.14. The Hall–Kier alpha value is -4.64. The van der Waals surface area contributed by atoms with Crippen molar-refractivity contribution < 1.29 is 24.3 Å². The van der Waals surface area contributed by atoms with Gasteiger partial charge in [0.25, 0.3) is 0 Å². The van der Waals surface area contributed by atoms with Crippen LogP contribution in [0.4, 0.5) is 26.3 Å². The van der Waals surface area contributed by atoms with Crippen LogP contribution in [0.2, 0.25) is 0 Å². The molecule has 0 aliphatic carbocycles. The number of nitrogens with zero attached hydrogens (tertiary/aromatic N) is 5. The molecule has 0 spiro atoms. The van der Waals surface area contributed by atoms with E-state index in [1.165, 1.54) is 17.4 Å². The van der Waals surface area contributed by atoms with Crippen molar-refractivity contribution in [3.8, 4) is 17.6 Å². The van der Waals surface area contributed by atoms with Crippen LogP contribution in [0.3, 0.4) is 0 Å². The van der Waals surface area contributed by atoms with Crippen LogP contribution in [0, 0.1) is 24.6 Å². The average molecular weight is 645 g/mol. The van der Waals surface area contributed by atoms with Gasteiger partial charge in [-0.3, -0.25) is 0 Å². The number of quaternary nitrogens is 1. The molecule has 0 atom stereocenters. The molecular formula is C32H31FN7O3S2+. The number of benzene rings is 2. The Kier molecular flexibility index (Phi) is 9.16. The first kappa shape index (κ1) is 30.4. The Labute approximate surface area is 267 Å². The number of carboxylic acid groups (broad SMARTS) is 1. The van der Waals surface area contributed by atoms with Crippen LogP contribution in [-0.4, -0.2) is 58.0 Å².